The number of aromatic nitrogens is 2. The van der Waals surface area contributed by atoms with Crippen LogP contribution in [0, 0.1) is 11.8 Å². The van der Waals surface area contributed by atoms with Crippen molar-refractivity contribution in [2.75, 3.05) is 13.1 Å². The highest BCUT2D eigenvalue weighted by atomic mass is 16.5. The largest absolute Gasteiger partial charge is 0.490 e. The average molecular weight is 396 g/mol. The summed E-state index contributed by atoms with van der Waals surface area (Å²) in [5.41, 5.74) is 0.515. The third-order valence-corrected chi connectivity index (χ3v) is 7.40. The Labute approximate surface area is 173 Å². The monoisotopic (exact) mass is 395 g/mol. The zero-order valence-corrected chi connectivity index (χ0v) is 17.5. The second-order valence-electron chi connectivity index (χ2n) is 9.38. The van der Waals surface area contributed by atoms with Gasteiger partial charge in [-0.2, -0.15) is 0 Å². The van der Waals surface area contributed by atoms with Gasteiger partial charge < -0.3 is 14.4 Å². The number of benzene rings is 1. The van der Waals surface area contributed by atoms with Crippen LogP contribution < -0.4 is 4.74 Å². The molecule has 2 atom stereocenters. The maximum atomic E-state index is 11.7. The molecule has 5 nitrogen and oxygen atoms in total. The first kappa shape index (κ1) is 19.1. The van der Waals surface area contributed by atoms with E-state index in [9.17, 15) is 5.11 Å². The molecule has 2 bridgehead atoms. The Hall–Kier alpha value is -1.85. The Morgan fingerprint density at radius 2 is 1.86 bits per heavy atom. The number of fused-ring (bicyclic) bond motifs is 2. The number of aliphatic hydroxyl groups is 1. The summed E-state index contributed by atoms with van der Waals surface area (Å²) in [5, 5.41) is 11.7. The van der Waals surface area contributed by atoms with Crippen LogP contribution in [0.3, 0.4) is 0 Å². The highest BCUT2D eigenvalue weighted by Crippen LogP contribution is 2.48. The molecule has 1 aromatic carbocycles. The van der Waals surface area contributed by atoms with Crippen LogP contribution in [0.25, 0.3) is 0 Å². The molecule has 0 radical (unpaired) electrons. The predicted molar refractivity (Wildman–Crippen MR) is 113 cm³/mol. The lowest BCUT2D eigenvalue weighted by molar-refractivity contribution is -0.155. The van der Waals surface area contributed by atoms with Gasteiger partial charge in [0.2, 0.25) is 0 Å². The van der Waals surface area contributed by atoms with E-state index in [1.807, 2.05) is 24.0 Å². The molecule has 3 aliphatic rings. The Morgan fingerprint density at radius 1 is 1.10 bits per heavy atom. The first-order valence-electron chi connectivity index (χ1n) is 11.3. The number of nitrogens with zero attached hydrogens (tertiary/aromatic N) is 3. The fraction of sp³-hybridized carbons (Fsp3) is 0.625. The lowest BCUT2D eigenvalue weighted by atomic mass is 9.65. The van der Waals surface area contributed by atoms with Gasteiger partial charge in [0.1, 0.15) is 17.2 Å². The van der Waals surface area contributed by atoms with Crippen LogP contribution >= 0.6 is 0 Å². The molecule has 1 saturated heterocycles. The molecule has 2 saturated carbocycles. The van der Waals surface area contributed by atoms with E-state index in [4.69, 9.17) is 4.74 Å². The Balaban J connectivity index is 1.30. The van der Waals surface area contributed by atoms with E-state index < -0.39 is 5.60 Å². The van der Waals surface area contributed by atoms with Crippen LogP contribution in [-0.4, -0.2) is 38.8 Å². The van der Waals surface area contributed by atoms with Gasteiger partial charge in [0, 0.05) is 50.9 Å². The summed E-state index contributed by atoms with van der Waals surface area (Å²) in [6.07, 6.45) is 12.5. The highest BCUT2D eigenvalue weighted by molar-refractivity contribution is 5.29. The van der Waals surface area contributed by atoms with Crippen LogP contribution in [0.5, 0.6) is 5.75 Å². The van der Waals surface area contributed by atoms with Gasteiger partial charge in [-0.25, -0.2) is 4.98 Å². The third-order valence-electron chi connectivity index (χ3n) is 7.40. The molecule has 29 heavy (non-hydrogen) atoms. The molecule has 2 aliphatic carbocycles. The molecule has 0 amide bonds. The molecule has 5 rings (SSSR count). The van der Waals surface area contributed by atoms with Crippen LogP contribution in [0.15, 0.2) is 36.7 Å². The van der Waals surface area contributed by atoms with Gasteiger partial charge >= 0.3 is 0 Å². The van der Waals surface area contributed by atoms with Gasteiger partial charge in [-0.1, -0.05) is 18.6 Å². The Bertz CT molecular complexity index is 828. The van der Waals surface area contributed by atoms with Gasteiger partial charge in [0.05, 0.1) is 6.10 Å². The number of ether oxygens (including phenoxy) is 1. The number of hydrogen-bond acceptors (Lipinski definition) is 4. The molecule has 3 fully saturated rings. The maximum absolute atomic E-state index is 11.7. The van der Waals surface area contributed by atoms with Crippen molar-refractivity contribution >= 4 is 0 Å². The zero-order valence-electron chi connectivity index (χ0n) is 17.5. The summed E-state index contributed by atoms with van der Waals surface area (Å²) in [6, 6.07) is 8.63. The molecular formula is C24H33N3O2. The molecule has 0 unspecified atom stereocenters. The van der Waals surface area contributed by atoms with Crippen molar-refractivity contribution in [3.63, 3.8) is 0 Å². The molecule has 0 spiro atoms. The smallest absolute Gasteiger partial charge is 0.141 e. The summed E-state index contributed by atoms with van der Waals surface area (Å²) < 4.78 is 8.21. The van der Waals surface area contributed by atoms with Crippen molar-refractivity contribution in [2.45, 2.75) is 63.2 Å². The van der Waals surface area contributed by atoms with Crippen molar-refractivity contribution in [3.05, 3.63) is 48.0 Å². The lowest BCUT2D eigenvalue weighted by Crippen LogP contribution is -2.58. The van der Waals surface area contributed by atoms with E-state index in [1.165, 1.54) is 37.7 Å². The van der Waals surface area contributed by atoms with Crippen molar-refractivity contribution < 1.29 is 9.84 Å². The molecule has 1 aromatic heterocycles. The van der Waals surface area contributed by atoms with E-state index in [2.05, 4.69) is 34.1 Å². The minimum absolute atomic E-state index is 0.244. The van der Waals surface area contributed by atoms with E-state index in [0.717, 1.165) is 44.0 Å². The second kappa shape index (κ2) is 7.77. The van der Waals surface area contributed by atoms with Crippen molar-refractivity contribution in [1.82, 2.24) is 14.5 Å². The summed E-state index contributed by atoms with van der Waals surface area (Å²) in [6.45, 7) is 2.77. The molecular weight excluding hydrogens is 362 g/mol. The van der Waals surface area contributed by atoms with E-state index in [1.54, 1.807) is 0 Å². The number of aryl methyl sites for hydroxylation is 1. The third kappa shape index (κ3) is 3.59. The van der Waals surface area contributed by atoms with Crippen LogP contribution in [0.1, 0.15) is 56.3 Å². The fourth-order valence-corrected chi connectivity index (χ4v) is 5.96. The molecule has 5 heteroatoms. The minimum Gasteiger partial charge on any atom is -0.490 e. The SMILES string of the molecule is Cn1ccnc1C1(O)[C@H]2CCC[C@H]1CN(Cc1cccc(OC3CCCC3)c1)C2. The van der Waals surface area contributed by atoms with Gasteiger partial charge in [0.25, 0.3) is 0 Å². The van der Waals surface area contributed by atoms with Gasteiger partial charge in [0.15, 0.2) is 0 Å². The quantitative estimate of drug-likeness (QED) is 0.835. The summed E-state index contributed by atoms with van der Waals surface area (Å²) in [4.78, 5) is 7.07. The van der Waals surface area contributed by atoms with E-state index in [0.29, 0.717) is 6.10 Å². The van der Waals surface area contributed by atoms with Gasteiger partial charge in [-0.05, 0) is 56.2 Å². The van der Waals surface area contributed by atoms with Crippen LogP contribution in [-0.2, 0) is 19.2 Å². The standard InChI is InChI=1S/C24H33N3O2/c1-26-13-12-25-23(26)24(28)19-7-5-8-20(24)17-27(16-19)15-18-6-4-11-22(14-18)29-21-9-2-3-10-21/h4,6,11-14,19-21,28H,2-3,5,7-10,15-17H2,1H3/t19-,20-/m0/s1. The van der Waals surface area contributed by atoms with Crippen LogP contribution in [0.2, 0.25) is 0 Å². The number of likely N-dealkylation sites (tertiary alicyclic amines) is 1. The molecule has 2 aromatic rings. The van der Waals surface area contributed by atoms with Crippen molar-refractivity contribution in [1.29, 1.82) is 0 Å². The number of rotatable bonds is 5. The first-order valence-corrected chi connectivity index (χ1v) is 11.3. The summed E-state index contributed by atoms with van der Waals surface area (Å²) >= 11 is 0. The number of imidazole rings is 1. The predicted octanol–water partition coefficient (Wildman–Crippen LogP) is 3.86. The molecule has 1 aliphatic heterocycles. The van der Waals surface area contributed by atoms with Crippen molar-refractivity contribution in [2.24, 2.45) is 18.9 Å². The second-order valence-corrected chi connectivity index (χ2v) is 9.38. The normalized spacial score (nSPS) is 30.6. The van der Waals surface area contributed by atoms with E-state index in [-0.39, 0.29) is 11.8 Å². The molecule has 156 valence electrons. The van der Waals surface area contributed by atoms with Crippen molar-refractivity contribution in [3.8, 4) is 5.75 Å². The van der Waals surface area contributed by atoms with E-state index >= 15 is 0 Å². The maximum Gasteiger partial charge on any atom is 0.141 e. The molecule has 2 heterocycles. The first-order chi connectivity index (χ1) is 14.1. The summed E-state index contributed by atoms with van der Waals surface area (Å²) in [5.74, 6) is 2.35. The highest BCUT2D eigenvalue weighted by Gasteiger charge is 2.53. The Morgan fingerprint density at radius 3 is 2.55 bits per heavy atom. The minimum atomic E-state index is -0.791. The van der Waals surface area contributed by atoms with Gasteiger partial charge in [-0.15, -0.1) is 0 Å². The summed E-state index contributed by atoms with van der Waals surface area (Å²) in [7, 11) is 2.00. The number of piperidine rings is 1. The fourth-order valence-electron chi connectivity index (χ4n) is 5.96. The Kier molecular flexibility index (Phi) is 5.12. The van der Waals surface area contributed by atoms with Gasteiger partial charge in [-0.3, -0.25) is 4.90 Å². The molecule has 1 N–H and O–H groups in total. The lowest BCUT2D eigenvalue weighted by Gasteiger charge is -2.52. The number of hydrogen-bond donors (Lipinski definition) is 1. The zero-order chi connectivity index (χ0) is 19.8. The van der Waals surface area contributed by atoms with Crippen LogP contribution in [0.4, 0.5) is 0 Å². The topological polar surface area (TPSA) is 50.5 Å². The average Bonchev–Trinajstić information content (AvgIpc) is 3.35.